The zero-order valence-corrected chi connectivity index (χ0v) is 12.2. The van der Waals surface area contributed by atoms with E-state index in [1.807, 2.05) is 22.5 Å². The molecule has 0 fully saturated rings. The van der Waals surface area contributed by atoms with Crippen molar-refractivity contribution in [1.82, 2.24) is 4.98 Å². The van der Waals surface area contributed by atoms with Crippen LogP contribution in [0.3, 0.4) is 0 Å². The summed E-state index contributed by atoms with van der Waals surface area (Å²) in [5.74, 6) is 0.662. The number of pyridine rings is 2. The first-order valence-corrected chi connectivity index (χ1v) is 6.97. The summed E-state index contributed by atoms with van der Waals surface area (Å²) in [4.78, 5) is 17.0. The van der Waals surface area contributed by atoms with E-state index in [9.17, 15) is 10.1 Å². The number of hydrogen-bond donors (Lipinski definition) is 0. The zero-order chi connectivity index (χ0) is 15.0. The second kappa shape index (κ2) is 5.29. The Morgan fingerprint density at radius 2 is 2.24 bits per heavy atom. The van der Waals surface area contributed by atoms with Crippen LogP contribution >= 0.6 is 11.6 Å². The molecule has 0 N–H and O–H groups in total. The molecule has 0 bridgehead atoms. The van der Waals surface area contributed by atoms with E-state index in [4.69, 9.17) is 11.6 Å². The van der Waals surface area contributed by atoms with E-state index in [0.29, 0.717) is 17.5 Å². The van der Waals surface area contributed by atoms with Crippen LogP contribution in [0.15, 0.2) is 30.5 Å². The van der Waals surface area contributed by atoms with Gasteiger partial charge in [0.2, 0.25) is 0 Å². The van der Waals surface area contributed by atoms with E-state index in [-0.39, 0.29) is 10.6 Å². The molecule has 1 aliphatic heterocycles. The maximum absolute atomic E-state index is 11.3. The van der Waals surface area contributed by atoms with Crippen molar-refractivity contribution in [3.8, 4) is 0 Å². The molecule has 1 aliphatic rings. The summed E-state index contributed by atoms with van der Waals surface area (Å²) in [5.41, 5.74) is 2.14. The van der Waals surface area contributed by atoms with Gasteiger partial charge in [-0.25, -0.2) is 14.5 Å². The van der Waals surface area contributed by atoms with Crippen molar-refractivity contribution < 1.29 is 9.49 Å². The predicted molar refractivity (Wildman–Crippen MR) is 78.3 cm³/mol. The van der Waals surface area contributed by atoms with Crippen LogP contribution in [0.4, 0.5) is 11.5 Å². The van der Waals surface area contributed by atoms with Gasteiger partial charge in [-0.1, -0.05) is 17.7 Å². The molecule has 0 saturated heterocycles. The van der Waals surface area contributed by atoms with Crippen molar-refractivity contribution in [2.24, 2.45) is 0 Å². The second-order valence-corrected chi connectivity index (χ2v) is 5.39. The lowest BCUT2D eigenvalue weighted by atomic mass is 10.2. The molecule has 0 unspecified atom stereocenters. The van der Waals surface area contributed by atoms with Crippen LogP contribution in [0.2, 0.25) is 5.15 Å². The lowest BCUT2D eigenvalue weighted by Gasteiger charge is -2.10. The van der Waals surface area contributed by atoms with Gasteiger partial charge in [0.1, 0.15) is 30.5 Å². The molecule has 0 aliphatic carbocycles. The maximum atomic E-state index is 11.3. The number of aromatic nitrogens is 2. The lowest BCUT2D eigenvalue weighted by molar-refractivity contribution is -0.679. The Kier molecular flexibility index (Phi) is 3.47. The first kappa shape index (κ1) is 13.8. The molecular weight excluding hydrogens is 292 g/mol. The molecule has 0 saturated carbocycles. The van der Waals surface area contributed by atoms with E-state index in [1.54, 1.807) is 24.4 Å². The van der Waals surface area contributed by atoms with Crippen LogP contribution in [0, 0.1) is 17.0 Å². The monoisotopic (exact) mass is 305 g/mol. The van der Waals surface area contributed by atoms with Gasteiger partial charge in [0.15, 0.2) is 0 Å². The van der Waals surface area contributed by atoms with E-state index < -0.39 is 0 Å². The van der Waals surface area contributed by atoms with Crippen molar-refractivity contribution in [2.75, 3.05) is 11.4 Å². The minimum Gasteiger partial charge on any atom is -0.258 e. The van der Waals surface area contributed by atoms with Crippen LogP contribution in [-0.4, -0.2) is 16.5 Å². The van der Waals surface area contributed by atoms with Crippen molar-refractivity contribution in [3.05, 3.63) is 57.0 Å². The van der Waals surface area contributed by atoms with Crippen LogP contribution < -0.4 is 9.47 Å². The molecule has 21 heavy (non-hydrogen) atoms. The first-order valence-electron chi connectivity index (χ1n) is 6.59. The number of rotatable bonds is 3. The molecule has 0 radical (unpaired) electrons. The van der Waals surface area contributed by atoms with Gasteiger partial charge in [-0.15, -0.1) is 0 Å². The summed E-state index contributed by atoms with van der Waals surface area (Å²) < 4.78 is 1.99. The standard InChI is InChI=1S/C14H14ClN4O2/c1-10-2-4-12(19(20)21)14-17(6-7-18(10)14)9-11-3-5-13(15)16-8-11/h2-5,8H,6-7,9H2,1H3/q+1. The number of nitro groups is 1. The quantitative estimate of drug-likeness (QED) is 0.378. The molecule has 2 aromatic rings. The number of aryl methyl sites for hydroxylation is 1. The van der Waals surface area contributed by atoms with Crippen molar-refractivity contribution in [3.63, 3.8) is 0 Å². The number of hydrogen-bond acceptors (Lipinski definition) is 4. The first-order chi connectivity index (χ1) is 10.1. The summed E-state index contributed by atoms with van der Waals surface area (Å²) in [5, 5.41) is 11.7. The third-order valence-electron chi connectivity index (χ3n) is 3.64. The third kappa shape index (κ3) is 2.54. The Morgan fingerprint density at radius 1 is 1.43 bits per heavy atom. The van der Waals surface area contributed by atoms with Gasteiger partial charge in [0.25, 0.3) is 0 Å². The minimum absolute atomic E-state index is 0.139. The van der Waals surface area contributed by atoms with E-state index in [2.05, 4.69) is 4.98 Å². The number of nitrogens with zero attached hydrogens (tertiary/aromatic N) is 4. The van der Waals surface area contributed by atoms with Crippen molar-refractivity contribution in [2.45, 2.75) is 20.0 Å². The van der Waals surface area contributed by atoms with E-state index in [0.717, 1.165) is 24.3 Å². The Morgan fingerprint density at radius 3 is 2.90 bits per heavy atom. The summed E-state index contributed by atoms with van der Waals surface area (Å²) in [6.45, 7) is 4.03. The molecule has 2 aromatic heterocycles. The Labute approximate surface area is 126 Å². The maximum Gasteiger partial charge on any atom is 0.357 e. The average Bonchev–Trinajstić information content (AvgIpc) is 2.86. The molecule has 108 valence electrons. The second-order valence-electron chi connectivity index (χ2n) is 5.00. The van der Waals surface area contributed by atoms with Gasteiger partial charge in [-0.2, -0.15) is 0 Å². The van der Waals surface area contributed by atoms with Gasteiger partial charge < -0.3 is 0 Å². The SMILES string of the molecule is Cc1ccc([N+](=O)[O-])c2[n+]1CCN2Cc1ccc(Cl)nc1. The molecule has 0 aromatic carbocycles. The summed E-state index contributed by atoms with van der Waals surface area (Å²) in [7, 11) is 0. The van der Waals surface area contributed by atoms with Gasteiger partial charge in [-0.05, 0) is 19.1 Å². The summed E-state index contributed by atoms with van der Waals surface area (Å²) in [6, 6.07) is 6.97. The molecule has 3 rings (SSSR count). The highest BCUT2D eigenvalue weighted by Crippen LogP contribution is 2.28. The van der Waals surface area contributed by atoms with Crippen molar-refractivity contribution >= 4 is 23.1 Å². The summed E-state index contributed by atoms with van der Waals surface area (Å²) >= 11 is 5.78. The highest BCUT2D eigenvalue weighted by Gasteiger charge is 2.37. The Balaban J connectivity index is 1.97. The number of halogens is 1. The molecule has 0 spiro atoms. The third-order valence-corrected chi connectivity index (χ3v) is 3.87. The lowest BCUT2D eigenvalue weighted by Crippen LogP contribution is -2.35. The number of fused-ring (bicyclic) bond motifs is 1. The predicted octanol–water partition coefficient (Wildman–Crippen LogP) is 2.26. The fourth-order valence-electron chi connectivity index (χ4n) is 2.63. The van der Waals surface area contributed by atoms with Gasteiger partial charge >= 0.3 is 11.5 Å². The van der Waals surface area contributed by atoms with Gasteiger partial charge in [0, 0.05) is 17.8 Å². The molecular formula is C14H14ClN4O2+. The molecule has 7 heteroatoms. The Hall–Kier alpha value is -2.21. The largest absolute Gasteiger partial charge is 0.357 e. The van der Waals surface area contributed by atoms with Crippen LogP contribution in [-0.2, 0) is 13.1 Å². The number of anilines is 1. The Bertz CT molecular complexity index is 703. The van der Waals surface area contributed by atoms with Crippen LogP contribution in [0.1, 0.15) is 11.3 Å². The molecule has 6 nitrogen and oxygen atoms in total. The zero-order valence-electron chi connectivity index (χ0n) is 11.5. The summed E-state index contributed by atoms with van der Waals surface area (Å²) in [6.07, 6.45) is 1.70. The van der Waals surface area contributed by atoms with E-state index >= 15 is 0 Å². The molecule has 3 heterocycles. The average molecular weight is 306 g/mol. The minimum atomic E-state index is -0.330. The highest BCUT2D eigenvalue weighted by molar-refractivity contribution is 6.29. The normalized spacial score (nSPS) is 13.3. The highest BCUT2D eigenvalue weighted by atomic mass is 35.5. The van der Waals surface area contributed by atoms with Gasteiger partial charge in [-0.3, -0.25) is 10.1 Å². The van der Waals surface area contributed by atoms with E-state index in [1.165, 1.54) is 0 Å². The van der Waals surface area contributed by atoms with Crippen LogP contribution in [0.5, 0.6) is 0 Å². The smallest absolute Gasteiger partial charge is 0.258 e. The topological polar surface area (TPSA) is 63.2 Å². The fourth-order valence-corrected chi connectivity index (χ4v) is 2.74. The van der Waals surface area contributed by atoms with Gasteiger partial charge in [0.05, 0.1) is 4.92 Å². The molecule has 0 atom stereocenters. The van der Waals surface area contributed by atoms with Crippen molar-refractivity contribution in [1.29, 1.82) is 0 Å². The fraction of sp³-hybridized carbons (Fsp3) is 0.286. The van der Waals surface area contributed by atoms with Crippen LogP contribution in [0.25, 0.3) is 0 Å². The molecule has 0 amide bonds.